The first-order chi connectivity index (χ1) is 6.45. The minimum atomic E-state index is -0.526. The maximum absolute atomic E-state index is 3.00. The molecule has 0 unspecified atom stereocenters. The molecule has 0 spiro atoms. The molecular formula is C12H14Hf. The van der Waals surface area contributed by atoms with E-state index in [0.717, 1.165) is 0 Å². The molecule has 0 N–H and O–H groups in total. The number of allylic oxidation sites excluding steroid dienone is 8. The van der Waals surface area contributed by atoms with Gasteiger partial charge in [-0.3, -0.25) is 0 Å². The number of hydrogen-bond donors (Lipinski definition) is 0. The van der Waals surface area contributed by atoms with Gasteiger partial charge < -0.3 is 0 Å². The molecule has 0 saturated heterocycles. The molecule has 2 rings (SSSR count). The molecule has 0 fully saturated rings. The van der Waals surface area contributed by atoms with Crippen LogP contribution in [0.4, 0.5) is 0 Å². The Morgan fingerprint density at radius 1 is 0.923 bits per heavy atom. The molecule has 66 valence electrons. The van der Waals surface area contributed by atoms with E-state index in [1.54, 1.807) is 6.66 Å². The third-order valence-corrected chi connectivity index (χ3v) is 6.84. The summed E-state index contributed by atoms with van der Waals surface area (Å²) in [6.07, 6.45) is 16.1. The predicted octanol–water partition coefficient (Wildman–Crippen LogP) is 3.56. The molecule has 0 aliphatic heterocycles. The minimum Gasteiger partial charge on any atom is -0.106 e. The average molecular weight is 337 g/mol. The molecule has 0 aromatic carbocycles. The van der Waals surface area contributed by atoms with Crippen molar-refractivity contribution in [3.63, 3.8) is 0 Å². The largest absolute Gasteiger partial charge is 0.106 e. The van der Waals surface area contributed by atoms with Crippen LogP contribution in [0.1, 0.15) is 12.8 Å². The standard InChI is InChI=1S/2C5H5.C2H4.Hf/c2*1-2-4-5-3-1;1-2;/h2*1-3H,4H2;1-2H2;. The number of hydrogen-bond acceptors (Lipinski definition) is 0. The molecule has 0 aromatic rings. The van der Waals surface area contributed by atoms with Crippen LogP contribution in [0.2, 0.25) is 0 Å². The Balaban J connectivity index is 0.000000396. The third-order valence-electron chi connectivity index (χ3n) is 1.86. The van der Waals surface area contributed by atoms with Crippen LogP contribution >= 0.6 is 0 Å². The van der Waals surface area contributed by atoms with Crippen LogP contribution in [0.5, 0.6) is 0 Å². The second-order valence-electron chi connectivity index (χ2n) is 2.77. The Morgan fingerprint density at radius 2 is 1.38 bits per heavy atom. The third kappa shape index (κ3) is 3.43. The molecule has 0 saturated carbocycles. The maximum atomic E-state index is 3.00. The van der Waals surface area contributed by atoms with E-state index < -0.39 is 22.9 Å². The topological polar surface area (TPSA) is 0 Å². The van der Waals surface area contributed by atoms with Crippen molar-refractivity contribution < 1.29 is 22.9 Å². The van der Waals surface area contributed by atoms with Crippen molar-refractivity contribution in [1.29, 1.82) is 0 Å². The zero-order valence-electron chi connectivity index (χ0n) is 7.79. The van der Waals surface area contributed by atoms with Gasteiger partial charge in [0.15, 0.2) is 0 Å². The molecule has 0 aromatic heterocycles. The van der Waals surface area contributed by atoms with Crippen LogP contribution in [-0.2, 0) is 22.9 Å². The summed E-state index contributed by atoms with van der Waals surface area (Å²) in [5, 5.41) is 0. The van der Waals surface area contributed by atoms with Crippen LogP contribution in [-0.4, -0.2) is 0 Å². The van der Waals surface area contributed by atoms with Crippen molar-refractivity contribution in [3.8, 4) is 0 Å². The summed E-state index contributed by atoms with van der Waals surface area (Å²) in [7, 11) is 0. The van der Waals surface area contributed by atoms with Crippen molar-refractivity contribution in [2.45, 2.75) is 12.8 Å². The van der Waals surface area contributed by atoms with Crippen molar-refractivity contribution in [2.75, 3.05) is 0 Å². The van der Waals surface area contributed by atoms with Crippen LogP contribution < -0.4 is 0 Å². The quantitative estimate of drug-likeness (QED) is 0.534. The fourth-order valence-corrected chi connectivity index (χ4v) is 5.64. The van der Waals surface area contributed by atoms with Crippen molar-refractivity contribution in [2.24, 2.45) is 0 Å². The summed E-state index contributed by atoms with van der Waals surface area (Å²) in [4.78, 5) is 0. The summed E-state index contributed by atoms with van der Waals surface area (Å²) in [6.45, 7) is 6.00. The smallest absolute Gasteiger partial charge is 0.106 e. The Bertz CT molecular complexity index is 251. The Morgan fingerprint density at radius 3 is 1.69 bits per heavy atom. The van der Waals surface area contributed by atoms with Gasteiger partial charge in [-0.15, -0.1) is 13.2 Å². The summed E-state index contributed by atoms with van der Waals surface area (Å²) in [5.41, 5.74) is 0. The fraction of sp³-hybridized carbons (Fsp3) is 0.167. The number of rotatable bonds is 2. The predicted molar refractivity (Wildman–Crippen MR) is 54.9 cm³/mol. The first-order valence-corrected chi connectivity index (χ1v) is 8.03. The Kier molecular flexibility index (Phi) is 4.99. The average Bonchev–Trinajstić information content (AvgIpc) is 2.81. The molecule has 0 radical (unpaired) electrons. The second-order valence-corrected chi connectivity index (χ2v) is 8.29. The Labute approximate surface area is 91.8 Å². The molecule has 1 heteroatoms. The molecule has 0 bridgehead atoms. The summed E-state index contributed by atoms with van der Waals surface area (Å²) < 4.78 is 3.50. The first-order valence-electron chi connectivity index (χ1n) is 4.43. The normalized spacial score (nSPS) is 17.5. The van der Waals surface area contributed by atoms with Gasteiger partial charge in [-0.25, -0.2) is 0 Å². The van der Waals surface area contributed by atoms with Crippen LogP contribution in [0.3, 0.4) is 0 Å². The molecule has 2 aliphatic rings. The zero-order chi connectivity index (χ0) is 9.52. The van der Waals surface area contributed by atoms with Gasteiger partial charge in [0.25, 0.3) is 0 Å². The monoisotopic (exact) mass is 338 g/mol. The SMILES string of the molecule is C1=CC[C]([Hf][C]2=CC=CC2)=C1.C=C. The van der Waals surface area contributed by atoms with E-state index in [1.807, 2.05) is 0 Å². The first kappa shape index (κ1) is 10.6. The van der Waals surface area contributed by atoms with Gasteiger partial charge in [0, 0.05) is 0 Å². The van der Waals surface area contributed by atoms with Crippen LogP contribution in [0, 0.1) is 0 Å². The van der Waals surface area contributed by atoms with E-state index in [0.29, 0.717) is 0 Å². The zero-order valence-corrected chi connectivity index (χ0v) is 11.4. The van der Waals surface area contributed by atoms with Gasteiger partial charge in [-0.05, 0) is 0 Å². The van der Waals surface area contributed by atoms with E-state index >= 15 is 0 Å². The molecule has 0 atom stereocenters. The van der Waals surface area contributed by atoms with E-state index in [2.05, 4.69) is 49.6 Å². The summed E-state index contributed by atoms with van der Waals surface area (Å²) in [5.74, 6) is 0. The fourth-order valence-electron chi connectivity index (χ4n) is 1.29. The second kappa shape index (κ2) is 6.09. The molecular weight excluding hydrogens is 323 g/mol. The summed E-state index contributed by atoms with van der Waals surface area (Å²) in [6, 6.07) is 0. The molecule has 0 amide bonds. The van der Waals surface area contributed by atoms with Gasteiger partial charge in [-0.1, -0.05) is 0 Å². The van der Waals surface area contributed by atoms with E-state index in [-0.39, 0.29) is 0 Å². The van der Waals surface area contributed by atoms with Crippen molar-refractivity contribution in [1.82, 2.24) is 0 Å². The van der Waals surface area contributed by atoms with Gasteiger partial charge in [0.2, 0.25) is 0 Å². The van der Waals surface area contributed by atoms with Crippen molar-refractivity contribution >= 4 is 0 Å². The molecule has 13 heavy (non-hydrogen) atoms. The minimum absolute atomic E-state index is 0.526. The van der Waals surface area contributed by atoms with E-state index in [1.165, 1.54) is 12.8 Å². The summed E-state index contributed by atoms with van der Waals surface area (Å²) >= 11 is -0.526. The van der Waals surface area contributed by atoms with Crippen molar-refractivity contribution in [3.05, 3.63) is 56.3 Å². The van der Waals surface area contributed by atoms with Crippen LogP contribution in [0.15, 0.2) is 56.3 Å². The van der Waals surface area contributed by atoms with Gasteiger partial charge in [0.05, 0.1) is 0 Å². The van der Waals surface area contributed by atoms with Gasteiger partial charge in [-0.2, -0.15) is 0 Å². The van der Waals surface area contributed by atoms with E-state index in [4.69, 9.17) is 0 Å². The Hall–Kier alpha value is -0.430. The molecule has 0 heterocycles. The molecule has 0 nitrogen and oxygen atoms in total. The van der Waals surface area contributed by atoms with Gasteiger partial charge >= 0.3 is 78.9 Å². The van der Waals surface area contributed by atoms with Gasteiger partial charge in [0.1, 0.15) is 0 Å². The van der Waals surface area contributed by atoms with E-state index in [9.17, 15) is 0 Å². The molecule has 2 aliphatic carbocycles. The maximum Gasteiger partial charge on any atom is -0.106 e. The van der Waals surface area contributed by atoms with Crippen LogP contribution in [0.25, 0.3) is 0 Å².